The summed E-state index contributed by atoms with van der Waals surface area (Å²) in [7, 11) is 4.06. The fourth-order valence-electron chi connectivity index (χ4n) is 3.04. The second-order valence-electron chi connectivity index (χ2n) is 6.55. The van der Waals surface area contributed by atoms with E-state index in [0.717, 1.165) is 26.0 Å². The molecule has 2 rings (SSSR count). The smallest absolute Gasteiger partial charge is 0.314 e. The first kappa shape index (κ1) is 17.8. The second-order valence-corrected chi connectivity index (χ2v) is 6.55. The minimum atomic E-state index is -0.0908. The third kappa shape index (κ3) is 5.84. The third-order valence-electron chi connectivity index (χ3n) is 4.41. The molecule has 1 fully saturated rings. The van der Waals surface area contributed by atoms with Gasteiger partial charge in [-0.05, 0) is 45.3 Å². The summed E-state index contributed by atoms with van der Waals surface area (Å²) in [6.45, 7) is 4.20. The van der Waals surface area contributed by atoms with E-state index in [1.807, 2.05) is 32.3 Å². The van der Waals surface area contributed by atoms with E-state index in [9.17, 15) is 4.79 Å². The molecule has 2 amide bonds. The number of carbonyl (C=O) groups is 1. The summed E-state index contributed by atoms with van der Waals surface area (Å²) in [5, 5.41) is 5.98. The molecule has 0 unspecified atom stereocenters. The quantitative estimate of drug-likeness (QED) is 0.846. The fourth-order valence-corrected chi connectivity index (χ4v) is 3.04. The zero-order valence-electron chi connectivity index (χ0n) is 14.4. The Bertz CT molecular complexity index is 478. The molecule has 1 aliphatic rings. The van der Waals surface area contributed by atoms with Gasteiger partial charge in [-0.25, -0.2) is 4.79 Å². The fraction of sp³-hybridized carbons (Fsp3) is 0.611. The molecular formula is C18H29N3O2. The van der Waals surface area contributed by atoms with Crippen molar-refractivity contribution in [1.29, 1.82) is 0 Å². The van der Waals surface area contributed by atoms with E-state index in [1.54, 1.807) is 0 Å². The normalized spacial score (nSPS) is 22.6. The Morgan fingerprint density at radius 2 is 2.04 bits per heavy atom. The van der Waals surface area contributed by atoms with E-state index in [1.165, 1.54) is 5.56 Å². The monoisotopic (exact) mass is 319 g/mol. The highest BCUT2D eigenvalue weighted by Gasteiger charge is 2.20. The Labute approximate surface area is 139 Å². The molecule has 1 saturated heterocycles. The first-order valence-corrected chi connectivity index (χ1v) is 8.41. The van der Waals surface area contributed by atoms with Gasteiger partial charge in [0.15, 0.2) is 0 Å². The third-order valence-corrected chi connectivity index (χ3v) is 4.41. The van der Waals surface area contributed by atoms with Crippen LogP contribution in [0.2, 0.25) is 0 Å². The van der Waals surface area contributed by atoms with Gasteiger partial charge < -0.3 is 20.3 Å². The maximum atomic E-state index is 12.1. The maximum Gasteiger partial charge on any atom is 0.314 e. The van der Waals surface area contributed by atoms with Gasteiger partial charge in [-0.1, -0.05) is 30.3 Å². The number of hydrogen-bond acceptors (Lipinski definition) is 3. The van der Waals surface area contributed by atoms with Gasteiger partial charge in [0, 0.05) is 19.7 Å². The lowest BCUT2D eigenvalue weighted by Crippen LogP contribution is -2.43. The zero-order valence-corrected chi connectivity index (χ0v) is 14.4. The topological polar surface area (TPSA) is 53.6 Å². The molecule has 128 valence electrons. The molecule has 3 atom stereocenters. The van der Waals surface area contributed by atoms with E-state index in [2.05, 4.69) is 34.6 Å². The van der Waals surface area contributed by atoms with Crippen LogP contribution in [-0.4, -0.2) is 50.8 Å². The summed E-state index contributed by atoms with van der Waals surface area (Å²) in [5.74, 6) is 0.517. The van der Waals surface area contributed by atoms with Crippen LogP contribution >= 0.6 is 0 Å². The molecule has 0 spiro atoms. The van der Waals surface area contributed by atoms with Crippen molar-refractivity contribution in [3.05, 3.63) is 35.9 Å². The number of amides is 2. The Balaban J connectivity index is 1.76. The van der Waals surface area contributed by atoms with Gasteiger partial charge in [0.25, 0.3) is 0 Å². The molecule has 0 aliphatic carbocycles. The van der Waals surface area contributed by atoms with E-state index in [4.69, 9.17) is 4.74 Å². The van der Waals surface area contributed by atoms with E-state index in [0.29, 0.717) is 18.6 Å². The molecular weight excluding hydrogens is 290 g/mol. The molecule has 0 radical (unpaired) electrons. The minimum absolute atomic E-state index is 0.0908. The standard InChI is InChI=1S/C18H29N3O2/c1-14-11-15(9-10-23-14)12-19-18(22)20-13-17(21(2)3)16-7-5-4-6-8-16/h4-8,14-15,17H,9-13H2,1-3H3,(H2,19,20,22)/t14-,15-,17-/m1/s1. The van der Waals surface area contributed by atoms with Crippen molar-refractivity contribution in [2.45, 2.75) is 31.9 Å². The molecule has 1 aromatic carbocycles. The van der Waals surface area contributed by atoms with Gasteiger partial charge >= 0.3 is 6.03 Å². The predicted octanol–water partition coefficient (Wildman–Crippen LogP) is 2.40. The van der Waals surface area contributed by atoms with Gasteiger partial charge in [0.1, 0.15) is 0 Å². The van der Waals surface area contributed by atoms with Crippen LogP contribution in [0, 0.1) is 5.92 Å². The summed E-state index contributed by atoms with van der Waals surface area (Å²) in [4.78, 5) is 14.2. The van der Waals surface area contributed by atoms with Crippen LogP contribution in [0.1, 0.15) is 31.4 Å². The summed E-state index contributed by atoms with van der Waals surface area (Å²) in [5.41, 5.74) is 1.20. The van der Waals surface area contributed by atoms with Gasteiger partial charge in [-0.2, -0.15) is 0 Å². The van der Waals surface area contributed by atoms with Crippen LogP contribution in [0.5, 0.6) is 0 Å². The Kier molecular flexibility index (Phi) is 6.86. The maximum absolute atomic E-state index is 12.1. The number of ether oxygens (including phenoxy) is 1. The van der Waals surface area contributed by atoms with Crippen molar-refractivity contribution in [2.75, 3.05) is 33.8 Å². The molecule has 1 aromatic rings. The summed E-state index contributed by atoms with van der Waals surface area (Å²) >= 11 is 0. The molecule has 23 heavy (non-hydrogen) atoms. The average molecular weight is 319 g/mol. The van der Waals surface area contributed by atoms with Crippen molar-refractivity contribution in [2.24, 2.45) is 5.92 Å². The van der Waals surface area contributed by atoms with Crippen molar-refractivity contribution in [1.82, 2.24) is 15.5 Å². The molecule has 1 aliphatic heterocycles. The van der Waals surface area contributed by atoms with Crippen LogP contribution in [0.25, 0.3) is 0 Å². The molecule has 5 nitrogen and oxygen atoms in total. The summed E-state index contributed by atoms with van der Waals surface area (Å²) in [6, 6.07) is 10.3. The van der Waals surface area contributed by atoms with Crippen LogP contribution in [0.3, 0.4) is 0 Å². The molecule has 0 aromatic heterocycles. The van der Waals surface area contributed by atoms with Crippen molar-refractivity contribution in [3.63, 3.8) is 0 Å². The number of urea groups is 1. The highest BCUT2D eigenvalue weighted by Crippen LogP contribution is 2.19. The number of rotatable bonds is 6. The Morgan fingerprint density at radius 3 is 2.70 bits per heavy atom. The number of hydrogen-bond donors (Lipinski definition) is 2. The average Bonchev–Trinajstić information content (AvgIpc) is 2.54. The molecule has 2 N–H and O–H groups in total. The Hall–Kier alpha value is -1.59. The van der Waals surface area contributed by atoms with Gasteiger partial charge in [0.05, 0.1) is 12.1 Å². The van der Waals surface area contributed by atoms with Crippen LogP contribution < -0.4 is 10.6 Å². The predicted molar refractivity (Wildman–Crippen MR) is 92.4 cm³/mol. The van der Waals surface area contributed by atoms with E-state index < -0.39 is 0 Å². The van der Waals surface area contributed by atoms with Crippen molar-refractivity contribution < 1.29 is 9.53 Å². The summed E-state index contributed by atoms with van der Waals surface area (Å²) < 4.78 is 5.54. The van der Waals surface area contributed by atoms with Gasteiger partial charge in [-0.15, -0.1) is 0 Å². The SMILES string of the molecule is C[C@@H]1C[C@H](CNC(=O)NC[C@H](c2ccccc2)N(C)C)CCO1. The number of carbonyl (C=O) groups excluding carboxylic acids is 1. The minimum Gasteiger partial charge on any atom is -0.378 e. The van der Waals surface area contributed by atoms with Crippen molar-refractivity contribution in [3.8, 4) is 0 Å². The molecule has 0 saturated carbocycles. The second kappa shape index (κ2) is 8.89. The van der Waals surface area contributed by atoms with Crippen molar-refractivity contribution >= 4 is 6.03 Å². The number of nitrogens with one attached hydrogen (secondary N) is 2. The van der Waals surface area contributed by atoms with Crippen LogP contribution in [0.15, 0.2) is 30.3 Å². The van der Waals surface area contributed by atoms with Crippen LogP contribution in [-0.2, 0) is 4.74 Å². The number of likely N-dealkylation sites (N-methyl/N-ethyl adjacent to an activating group) is 1. The molecule has 5 heteroatoms. The van der Waals surface area contributed by atoms with Gasteiger partial charge in [-0.3, -0.25) is 0 Å². The number of nitrogens with zero attached hydrogens (tertiary/aromatic N) is 1. The number of benzene rings is 1. The van der Waals surface area contributed by atoms with Gasteiger partial charge in [0.2, 0.25) is 0 Å². The first-order chi connectivity index (χ1) is 11.1. The first-order valence-electron chi connectivity index (χ1n) is 8.41. The highest BCUT2D eigenvalue weighted by atomic mass is 16.5. The Morgan fingerprint density at radius 1 is 1.30 bits per heavy atom. The summed E-state index contributed by atoms with van der Waals surface area (Å²) in [6.07, 6.45) is 2.34. The zero-order chi connectivity index (χ0) is 16.7. The lowest BCUT2D eigenvalue weighted by atomic mass is 9.96. The lowest BCUT2D eigenvalue weighted by Gasteiger charge is -2.28. The lowest BCUT2D eigenvalue weighted by molar-refractivity contribution is 0.00346. The van der Waals surface area contributed by atoms with E-state index in [-0.39, 0.29) is 12.1 Å². The van der Waals surface area contributed by atoms with E-state index >= 15 is 0 Å². The van der Waals surface area contributed by atoms with Crippen LogP contribution in [0.4, 0.5) is 4.79 Å². The molecule has 1 heterocycles. The largest absolute Gasteiger partial charge is 0.378 e. The highest BCUT2D eigenvalue weighted by molar-refractivity contribution is 5.73. The molecule has 0 bridgehead atoms.